The van der Waals surface area contributed by atoms with Crippen molar-refractivity contribution in [3.63, 3.8) is 0 Å². The van der Waals surface area contributed by atoms with E-state index in [2.05, 4.69) is 48.5 Å². The van der Waals surface area contributed by atoms with Crippen LogP contribution >= 0.6 is 0 Å². The predicted molar refractivity (Wildman–Crippen MR) is 89.4 cm³/mol. The van der Waals surface area contributed by atoms with E-state index in [0.717, 1.165) is 12.8 Å². The Hall–Kier alpha value is -0.120. The second-order valence-electron chi connectivity index (χ2n) is 8.17. The molecule has 1 aliphatic carbocycles. The molecule has 0 spiro atoms. The van der Waals surface area contributed by atoms with Gasteiger partial charge in [0, 0.05) is 5.92 Å². The molecule has 1 saturated heterocycles. The zero-order valence-corrected chi connectivity index (χ0v) is 15.5. The van der Waals surface area contributed by atoms with E-state index in [1.807, 2.05) is 0 Å². The Labute approximate surface area is 136 Å². The van der Waals surface area contributed by atoms with Crippen LogP contribution in [0.1, 0.15) is 61.3 Å². The lowest BCUT2D eigenvalue weighted by atomic mass is 9.72. The fourth-order valence-corrected chi connectivity index (χ4v) is 4.39. The molecule has 1 saturated carbocycles. The fourth-order valence-electron chi connectivity index (χ4n) is 4.39. The third-order valence-electron chi connectivity index (χ3n) is 6.75. The van der Waals surface area contributed by atoms with Crippen LogP contribution < -0.4 is 0 Å². The summed E-state index contributed by atoms with van der Waals surface area (Å²) in [5, 5.41) is 10.7. The first-order chi connectivity index (χ1) is 10.3. The molecule has 1 N–H and O–H groups in total. The van der Waals surface area contributed by atoms with Crippen LogP contribution in [0.3, 0.4) is 0 Å². The first-order valence-electron chi connectivity index (χ1n) is 9.26. The Balaban J connectivity index is 2.08. The van der Waals surface area contributed by atoms with Crippen molar-refractivity contribution < 1.29 is 14.6 Å². The van der Waals surface area contributed by atoms with Gasteiger partial charge in [0.2, 0.25) is 0 Å². The zero-order valence-electron chi connectivity index (χ0n) is 15.5. The lowest BCUT2D eigenvalue weighted by molar-refractivity contribution is -0.288. The summed E-state index contributed by atoms with van der Waals surface area (Å²) in [7, 11) is 0. The molecule has 3 heteroatoms. The predicted octanol–water partition coefficient (Wildman–Crippen LogP) is 4.09. The highest BCUT2D eigenvalue weighted by Gasteiger charge is 2.44. The first-order valence-corrected chi connectivity index (χ1v) is 9.26. The number of ether oxygens (including phenoxy) is 2. The van der Waals surface area contributed by atoms with Crippen LogP contribution in [0.4, 0.5) is 0 Å². The minimum atomic E-state index is -0.385. The van der Waals surface area contributed by atoms with Crippen molar-refractivity contribution >= 4 is 0 Å². The molecule has 0 radical (unpaired) electrons. The van der Waals surface area contributed by atoms with Gasteiger partial charge >= 0.3 is 0 Å². The van der Waals surface area contributed by atoms with Crippen molar-refractivity contribution in [3.8, 4) is 0 Å². The summed E-state index contributed by atoms with van der Waals surface area (Å²) in [6.07, 6.45) is 1.74. The fraction of sp³-hybridized carbons (Fsp3) is 1.00. The molecule has 1 aliphatic heterocycles. The van der Waals surface area contributed by atoms with Gasteiger partial charge in [-0.1, -0.05) is 48.5 Å². The SMILES string of the molecule is CCC1OC(OC2C(C)CC(C)C(C)C2O)C(C)C(C)C1C. The first kappa shape index (κ1) is 18.2. The molecule has 2 fully saturated rings. The molecule has 0 aromatic carbocycles. The molecule has 10 unspecified atom stereocenters. The monoisotopic (exact) mass is 312 g/mol. The van der Waals surface area contributed by atoms with E-state index in [1.54, 1.807) is 0 Å². The number of aliphatic hydroxyl groups excluding tert-OH is 1. The number of rotatable bonds is 3. The van der Waals surface area contributed by atoms with E-state index in [1.165, 1.54) is 0 Å². The van der Waals surface area contributed by atoms with Crippen molar-refractivity contribution in [2.75, 3.05) is 0 Å². The summed E-state index contributed by atoms with van der Waals surface area (Å²) < 4.78 is 12.6. The minimum Gasteiger partial charge on any atom is -0.390 e. The van der Waals surface area contributed by atoms with Crippen LogP contribution in [-0.4, -0.2) is 29.7 Å². The zero-order chi connectivity index (χ0) is 16.6. The van der Waals surface area contributed by atoms with Gasteiger partial charge < -0.3 is 14.6 Å². The summed E-state index contributed by atoms with van der Waals surface area (Å²) in [6, 6.07) is 0. The van der Waals surface area contributed by atoms with Crippen molar-refractivity contribution in [2.45, 2.75) is 85.9 Å². The standard InChI is InChI=1S/C19H36O3/c1-8-16-14(6)13(5)15(7)19(21-16)22-18-11(3)9-10(2)12(4)17(18)20/h10-20H,8-9H2,1-7H3. The molecule has 0 aromatic rings. The average molecular weight is 312 g/mol. The van der Waals surface area contributed by atoms with Crippen LogP contribution in [0.25, 0.3) is 0 Å². The topological polar surface area (TPSA) is 38.7 Å². The van der Waals surface area contributed by atoms with Crippen molar-refractivity contribution in [2.24, 2.45) is 35.5 Å². The molecule has 10 atom stereocenters. The van der Waals surface area contributed by atoms with E-state index in [-0.39, 0.29) is 24.6 Å². The second kappa shape index (κ2) is 7.19. The van der Waals surface area contributed by atoms with Crippen LogP contribution in [0.2, 0.25) is 0 Å². The van der Waals surface area contributed by atoms with Gasteiger partial charge in [-0.25, -0.2) is 0 Å². The summed E-state index contributed by atoms with van der Waals surface area (Å²) in [4.78, 5) is 0. The number of aliphatic hydroxyl groups is 1. The Morgan fingerprint density at radius 1 is 0.909 bits per heavy atom. The Kier molecular flexibility index (Phi) is 5.95. The molecule has 22 heavy (non-hydrogen) atoms. The molecular formula is C19H36O3. The van der Waals surface area contributed by atoms with Gasteiger partial charge in [-0.2, -0.15) is 0 Å². The molecule has 0 aromatic heterocycles. The van der Waals surface area contributed by atoms with E-state index in [0.29, 0.717) is 35.5 Å². The Morgan fingerprint density at radius 3 is 2.14 bits per heavy atom. The van der Waals surface area contributed by atoms with E-state index in [9.17, 15) is 5.11 Å². The highest BCUT2D eigenvalue weighted by molar-refractivity contribution is 4.90. The molecule has 130 valence electrons. The van der Waals surface area contributed by atoms with Crippen LogP contribution in [0.15, 0.2) is 0 Å². The summed E-state index contributed by atoms with van der Waals surface area (Å²) in [6.45, 7) is 15.6. The van der Waals surface area contributed by atoms with Crippen LogP contribution in [0, 0.1) is 35.5 Å². The smallest absolute Gasteiger partial charge is 0.161 e. The second-order valence-corrected chi connectivity index (χ2v) is 8.17. The molecule has 3 nitrogen and oxygen atoms in total. The summed E-state index contributed by atoms with van der Waals surface area (Å²) in [5.41, 5.74) is 0. The van der Waals surface area contributed by atoms with Crippen LogP contribution in [-0.2, 0) is 9.47 Å². The third-order valence-corrected chi connectivity index (χ3v) is 6.75. The van der Waals surface area contributed by atoms with Crippen molar-refractivity contribution in [1.82, 2.24) is 0 Å². The minimum absolute atomic E-state index is 0.100. The molecular weight excluding hydrogens is 276 g/mol. The van der Waals surface area contributed by atoms with Gasteiger partial charge in [0.25, 0.3) is 0 Å². The van der Waals surface area contributed by atoms with Gasteiger partial charge in [-0.05, 0) is 42.4 Å². The van der Waals surface area contributed by atoms with Crippen molar-refractivity contribution in [1.29, 1.82) is 0 Å². The van der Waals surface area contributed by atoms with E-state index < -0.39 is 0 Å². The average Bonchev–Trinajstić information content (AvgIpc) is 2.49. The van der Waals surface area contributed by atoms with Crippen molar-refractivity contribution in [3.05, 3.63) is 0 Å². The molecule has 1 heterocycles. The van der Waals surface area contributed by atoms with Gasteiger partial charge in [-0.15, -0.1) is 0 Å². The molecule has 2 aliphatic rings. The van der Waals surface area contributed by atoms with Gasteiger partial charge in [0.05, 0.1) is 18.3 Å². The normalized spacial score (nSPS) is 53.5. The maximum Gasteiger partial charge on any atom is 0.161 e. The quantitative estimate of drug-likeness (QED) is 0.853. The Morgan fingerprint density at radius 2 is 1.55 bits per heavy atom. The maximum atomic E-state index is 10.7. The molecule has 0 amide bonds. The summed E-state index contributed by atoms with van der Waals surface area (Å²) >= 11 is 0. The highest BCUT2D eigenvalue weighted by Crippen LogP contribution is 2.41. The van der Waals surface area contributed by atoms with Gasteiger partial charge in [0.15, 0.2) is 6.29 Å². The van der Waals surface area contributed by atoms with E-state index in [4.69, 9.17) is 9.47 Å². The number of hydrogen-bond donors (Lipinski definition) is 1. The Bertz CT molecular complexity index is 357. The lowest BCUT2D eigenvalue weighted by Gasteiger charge is -2.47. The molecule has 2 rings (SSSR count). The number of hydrogen-bond acceptors (Lipinski definition) is 3. The maximum absolute atomic E-state index is 10.7. The van der Waals surface area contributed by atoms with E-state index >= 15 is 0 Å². The van der Waals surface area contributed by atoms with Gasteiger partial charge in [-0.3, -0.25) is 0 Å². The largest absolute Gasteiger partial charge is 0.390 e. The van der Waals surface area contributed by atoms with Gasteiger partial charge in [0.1, 0.15) is 0 Å². The summed E-state index contributed by atoms with van der Waals surface area (Å²) in [5.74, 6) is 2.73. The molecule has 0 bridgehead atoms. The van der Waals surface area contributed by atoms with Crippen LogP contribution in [0.5, 0.6) is 0 Å². The lowest BCUT2D eigenvalue weighted by Crippen LogP contribution is -2.52. The third kappa shape index (κ3) is 3.37. The highest BCUT2D eigenvalue weighted by atomic mass is 16.7.